The van der Waals surface area contributed by atoms with E-state index in [0.29, 0.717) is 12.6 Å². The SMILES string of the molecule is NCC(c1ccc(Br)cc1)N1CCN(C2CCCC2)CC1. The molecule has 2 N–H and O–H groups in total. The highest BCUT2D eigenvalue weighted by atomic mass is 79.9. The van der Waals surface area contributed by atoms with Crippen molar-refractivity contribution in [1.29, 1.82) is 0 Å². The predicted molar refractivity (Wildman–Crippen MR) is 91.3 cm³/mol. The maximum absolute atomic E-state index is 6.06. The van der Waals surface area contributed by atoms with Crippen molar-refractivity contribution in [2.24, 2.45) is 5.73 Å². The van der Waals surface area contributed by atoms with Crippen LogP contribution in [0.25, 0.3) is 0 Å². The molecule has 2 aliphatic rings. The summed E-state index contributed by atoms with van der Waals surface area (Å²) in [7, 11) is 0. The maximum atomic E-state index is 6.06. The van der Waals surface area contributed by atoms with Crippen LogP contribution >= 0.6 is 15.9 Å². The van der Waals surface area contributed by atoms with E-state index in [4.69, 9.17) is 5.73 Å². The predicted octanol–water partition coefficient (Wildman–Crippen LogP) is 3.01. The molecule has 1 atom stereocenters. The molecule has 1 aromatic rings. The number of halogens is 1. The van der Waals surface area contributed by atoms with Gasteiger partial charge >= 0.3 is 0 Å². The van der Waals surface area contributed by atoms with Gasteiger partial charge in [0, 0.05) is 49.3 Å². The molecule has 3 rings (SSSR count). The zero-order valence-corrected chi connectivity index (χ0v) is 14.3. The molecule has 1 aliphatic heterocycles. The van der Waals surface area contributed by atoms with E-state index in [0.717, 1.165) is 23.6 Å². The van der Waals surface area contributed by atoms with Crippen LogP contribution < -0.4 is 5.73 Å². The Kier molecular flexibility index (Phi) is 5.33. The van der Waals surface area contributed by atoms with Crippen LogP contribution in [0.3, 0.4) is 0 Å². The lowest BCUT2D eigenvalue weighted by Gasteiger charge is -2.41. The van der Waals surface area contributed by atoms with Crippen LogP contribution in [0.2, 0.25) is 0 Å². The highest BCUT2D eigenvalue weighted by molar-refractivity contribution is 9.10. The fraction of sp³-hybridized carbons (Fsp3) is 0.647. The Labute approximate surface area is 136 Å². The summed E-state index contributed by atoms with van der Waals surface area (Å²) in [6.07, 6.45) is 5.67. The summed E-state index contributed by atoms with van der Waals surface area (Å²) in [6.45, 7) is 5.41. The molecular weight excluding hydrogens is 326 g/mol. The van der Waals surface area contributed by atoms with Gasteiger partial charge < -0.3 is 5.73 Å². The highest BCUT2D eigenvalue weighted by Crippen LogP contribution is 2.27. The first-order valence-corrected chi connectivity index (χ1v) is 9.01. The minimum Gasteiger partial charge on any atom is -0.329 e. The van der Waals surface area contributed by atoms with Gasteiger partial charge in [-0.15, -0.1) is 0 Å². The Bertz CT molecular complexity index is 434. The molecule has 1 heterocycles. The molecule has 0 bridgehead atoms. The lowest BCUT2D eigenvalue weighted by molar-refractivity contribution is 0.0722. The number of hydrogen-bond donors (Lipinski definition) is 1. The average Bonchev–Trinajstić information content (AvgIpc) is 3.05. The van der Waals surface area contributed by atoms with E-state index in [1.54, 1.807) is 0 Å². The van der Waals surface area contributed by atoms with Crippen LogP contribution in [0.5, 0.6) is 0 Å². The molecule has 3 nitrogen and oxygen atoms in total. The lowest BCUT2D eigenvalue weighted by atomic mass is 10.0. The lowest BCUT2D eigenvalue weighted by Crippen LogP contribution is -2.51. The van der Waals surface area contributed by atoms with E-state index in [1.165, 1.54) is 44.3 Å². The minimum absolute atomic E-state index is 0.365. The van der Waals surface area contributed by atoms with E-state index >= 15 is 0 Å². The fourth-order valence-electron chi connectivity index (χ4n) is 3.86. The van der Waals surface area contributed by atoms with Crippen LogP contribution in [0, 0.1) is 0 Å². The third kappa shape index (κ3) is 3.67. The Morgan fingerprint density at radius 2 is 1.67 bits per heavy atom. The van der Waals surface area contributed by atoms with Gasteiger partial charge in [0.05, 0.1) is 0 Å². The quantitative estimate of drug-likeness (QED) is 0.904. The summed E-state index contributed by atoms with van der Waals surface area (Å²) in [5.74, 6) is 0. The van der Waals surface area contributed by atoms with E-state index in [9.17, 15) is 0 Å². The summed E-state index contributed by atoms with van der Waals surface area (Å²) < 4.78 is 1.13. The van der Waals surface area contributed by atoms with Gasteiger partial charge in [-0.1, -0.05) is 40.9 Å². The first kappa shape index (κ1) is 15.5. The topological polar surface area (TPSA) is 32.5 Å². The largest absolute Gasteiger partial charge is 0.329 e. The molecule has 0 aromatic heterocycles. The second-order valence-electron chi connectivity index (χ2n) is 6.31. The maximum Gasteiger partial charge on any atom is 0.0471 e. The summed E-state index contributed by atoms with van der Waals surface area (Å²) in [4.78, 5) is 5.27. The van der Waals surface area contributed by atoms with E-state index in [1.807, 2.05) is 0 Å². The Hall–Kier alpha value is -0.420. The third-order valence-corrected chi connectivity index (χ3v) is 5.64. The average molecular weight is 352 g/mol. The van der Waals surface area contributed by atoms with Crippen LogP contribution in [0.1, 0.15) is 37.3 Å². The van der Waals surface area contributed by atoms with Crippen molar-refractivity contribution in [3.8, 4) is 0 Å². The number of rotatable bonds is 4. The van der Waals surface area contributed by atoms with E-state index in [-0.39, 0.29) is 0 Å². The molecule has 116 valence electrons. The molecule has 0 radical (unpaired) electrons. The van der Waals surface area contributed by atoms with Gasteiger partial charge in [-0.2, -0.15) is 0 Å². The zero-order chi connectivity index (χ0) is 14.7. The number of nitrogens with zero attached hydrogens (tertiary/aromatic N) is 2. The molecule has 0 amide bonds. The molecule has 1 saturated carbocycles. The monoisotopic (exact) mass is 351 g/mol. The highest BCUT2D eigenvalue weighted by Gasteiger charge is 2.28. The van der Waals surface area contributed by atoms with Crippen LogP contribution in [0.4, 0.5) is 0 Å². The fourth-order valence-corrected chi connectivity index (χ4v) is 4.13. The van der Waals surface area contributed by atoms with Crippen molar-refractivity contribution in [3.63, 3.8) is 0 Å². The molecule has 1 aromatic carbocycles. The molecule has 0 spiro atoms. The normalized spacial score (nSPS) is 23.5. The van der Waals surface area contributed by atoms with Gasteiger partial charge in [0.25, 0.3) is 0 Å². The van der Waals surface area contributed by atoms with E-state index in [2.05, 4.69) is 50.0 Å². The molecule has 4 heteroatoms. The van der Waals surface area contributed by atoms with E-state index < -0.39 is 0 Å². The number of hydrogen-bond acceptors (Lipinski definition) is 3. The van der Waals surface area contributed by atoms with Gasteiger partial charge in [0.15, 0.2) is 0 Å². The Balaban J connectivity index is 1.60. The number of benzene rings is 1. The summed E-state index contributed by atoms with van der Waals surface area (Å²) in [5.41, 5.74) is 7.41. The number of nitrogens with two attached hydrogens (primary N) is 1. The Morgan fingerprint density at radius 3 is 2.24 bits per heavy atom. The van der Waals surface area contributed by atoms with Gasteiger partial charge in [-0.3, -0.25) is 9.80 Å². The van der Waals surface area contributed by atoms with Crippen molar-refractivity contribution in [2.45, 2.75) is 37.8 Å². The molecule has 2 fully saturated rings. The standard InChI is InChI=1S/C17H26BrN3/c18-15-7-5-14(6-8-15)17(13-19)21-11-9-20(10-12-21)16-3-1-2-4-16/h5-8,16-17H,1-4,9-13,19H2. The summed E-state index contributed by atoms with van der Waals surface area (Å²) in [5, 5.41) is 0. The van der Waals surface area contributed by atoms with Gasteiger partial charge in [0.1, 0.15) is 0 Å². The smallest absolute Gasteiger partial charge is 0.0471 e. The van der Waals surface area contributed by atoms with Crippen molar-refractivity contribution in [1.82, 2.24) is 9.80 Å². The first-order chi connectivity index (χ1) is 10.3. The van der Waals surface area contributed by atoms with Crippen LogP contribution in [-0.2, 0) is 0 Å². The van der Waals surface area contributed by atoms with Crippen molar-refractivity contribution in [2.75, 3.05) is 32.7 Å². The first-order valence-electron chi connectivity index (χ1n) is 8.21. The van der Waals surface area contributed by atoms with Gasteiger partial charge in [-0.25, -0.2) is 0 Å². The third-order valence-electron chi connectivity index (χ3n) is 5.11. The second-order valence-corrected chi connectivity index (χ2v) is 7.23. The molecule has 1 unspecified atom stereocenters. The second kappa shape index (κ2) is 7.23. The Morgan fingerprint density at radius 1 is 1.05 bits per heavy atom. The molecular formula is C17H26BrN3. The zero-order valence-electron chi connectivity index (χ0n) is 12.7. The summed E-state index contributed by atoms with van der Waals surface area (Å²) in [6, 6.07) is 9.86. The van der Waals surface area contributed by atoms with Gasteiger partial charge in [-0.05, 0) is 30.5 Å². The van der Waals surface area contributed by atoms with Crippen molar-refractivity contribution in [3.05, 3.63) is 34.3 Å². The molecule has 1 aliphatic carbocycles. The van der Waals surface area contributed by atoms with Crippen molar-refractivity contribution < 1.29 is 0 Å². The van der Waals surface area contributed by atoms with Crippen LogP contribution in [-0.4, -0.2) is 48.6 Å². The molecule has 21 heavy (non-hydrogen) atoms. The minimum atomic E-state index is 0.365. The van der Waals surface area contributed by atoms with Gasteiger partial charge in [0.2, 0.25) is 0 Å². The van der Waals surface area contributed by atoms with Crippen LogP contribution in [0.15, 0.2) is 28.7 Å². The summed E-state index contributed by atoms with van der Waals surface area (Å²) >= 11 is 3.51. The number of piperazine rings is 1. The molecule has 1 saturated heterocycles. The van der Waals surface area contributed by atoms with Crippen molar-refractivity contribution >= 4 is 15.9 Å².